The average molecular weight is 255 g/mol. The summed E-state index contributed by atoms with van der Waals surface area (Å²) in [5.74, 6) is -2.59. The van der Waals surface area contributed by atoms with Crippen molar-refractivity contribution in [2.24, 2.45) is 0 Å². The highest BCUT2D eigenvalue weighted by molar-refractivity contribution is 5.94. The van der Waals surface area contributed by atoms with E-state index in [2.05, 4.69) is 5.32 Å². The average Bonchev–Trinajstić information content (AvgIpc) is 2.32. The third-order valence-corrected chi connectivity index (χ3v) is 3.24. The summed E-state index contributed by atoms with van der Waals surface area (Å²) >= 11 is 0. The predicted molar refractivity (Wildman–Crippen MR) is 62.1 cm³/mol. The molecule has 1 aromatic carbocycles. The Morgan fingerprint density at radius 1 is 1.22 bits per heavy atom. The first-order valence-electron chi connectivity index (χ1n) is 6.02. The number of nitrogens with one attached hydrogen (secondary N) is 1. The first-order valence-corrected chi connectivity index (χ1v) is 6.02. The number of aliphatic hydroxyl groups is 1. The Bertz CT molecular complexity index is 430. The van der Waals surface area contributed by atoms with E-state index in [4.69, 9.17) is 0 Å². The van der Waals surface area contributed by atoms with Gasteiger partial charge in [0.15, 0.2) is 0 Å². The molecule has 0 bridgehead atoms. The molecule has 0 aromatic heterocycles. The number of benzene rings is 1. The van der Waals surface area contributed by atoms with E-state index in [9.17, 15) is 18.7 Å². The van der Waals surface area contributed by atoms with Gasteiger partial charge in [-0.2, -0.15) is 0 Å². The molecule has 5 heteroatoms. The van der Waals surface area contributed by atoms with E-state index in [-0.39, 0.29) is 0 Å². The largest absolute Gasteiger partial charge is 0.391 e. The molecule has 1 aliphatic carbocycles. The lowest BCUT2D eigenvalue weighted by molar-refractivity contribution is 0.0711. The minimum Gasteiger partial charge on any atom is -0.391 e. The normalized spacial score (nSPS) is 23.7. The smallest absolute Gasteiger partial charge is 0.257 e. The summed E-state index contributed by atoms with van der Waals surface area (Å²) in [6.07, 6.45) is 2.38. The van der Waals surface area contributed by atoms with Crippen molar-refractivity contribution in [3.05, 3.63) is 35.4 Å². The number of aliphatic hydroxyl groups excluding tert-OH is 1. The minimum atomic E-state index is -0.891. The van der Waals surface area contributed by atoms with Crippen LogP contribution in [0.25, 0.3) is 0 Å². The maximum absolute atomic E-state index is 13.4. The third kappa shape index (κ3) is 2.67. The molecule has 0 heterocycles. The highest BCUT2D eigenvalue weighted by atomic mass is 19.1. The Morgan fingerprint density at radius 2 is 1.83 bits per heavy atom. The fraction of sp³-hybridized carbons (Fsp3) is 0.462. The van der Waals surface area contributed by atoms with Crippen molar-refractivity contribution >= 4 is 5.91 Å². The van der Waals surface area contributed by atoms with Crippen molar-refractivity contribution in [3.63, 3.8) is 0 Å². The zero-order valence-electron chi connectivity index (χ0n) is 9.83. The second-order valence-electron chi connectivity index (χ2n) is 4.53. The van der Waals surface area contributed by atoms with E-state index in [1.165, 1.54) is 6.07 Å². The van der Waals surface area contributed by atoms with Crippen molar-refractivity contribution in [2.75, 3.05) is 0 Å². The molecule has 1 fully saturated rings. The molecule has 2 rings (SSSR count). The van der Waals surface area contributed by atoms with Gasteiger partial charge in [0, 0.05) is 0 Å². The van der Waals surface area contributed by atoms with Crippen LogP contribution < -0.4 is 5.32 Å². The topological polar surface area (TPSA) is 49.3 Å². The molecular weight excluding hydrogens is 240 g/mol. The van der Waals surface area contributed by atoms with Crippen molar-refractivity contribution in [2.45, 2.75) is 37.8 Å². The van der Waals surface area contributed by atoms with Crippen LogP contribution in [0.15, 0.2) is 18.2 Å². The highest BCUT2D eigenvalue weighted by Crippen LogP contribution is 2.19. The summed E-state index contributed by atoms with van der Waals surface area (Å²) in [7, 11) is 0. The van der Waals surface area contributed by atoms with Crippen LogP contribution >= 0.6 is 0 Å². The van der Waals surface area contributed by atoms with Crippen molar-refractivity contribution in [1.82, 2.24) is 5.32 Å². The van der Waals surface area contributed by atoms with Crippen LogP contribution in [-0.2, 0) is 0 Å². The second kappa shape index (κ2) is 5.44. The standard InChI is InChI=1S/C13H15F2NO2/c14-8-4-3-5-9(15)12(8)13(18)16-10-6-1-2-7-11(10)17/h3-5,10-11,17H,1-2,6-7H2,(H,16,18). The van der Waals surface area contributed by atoms with Crippen molar-refractivity contribution in [1.29, 1.82) is 0 Å². The number of hydrogen-bond donors (Lipinski definition) is 2. The monoisotopic (exact) mass is 255 g/mol. The lowest BCUT2D eigenvalue weighted by Crippen LogP contribution is -2.45. The molecule has 18 heavy (non-hydrogen) atoms. The first kappa shape index (κ1) is 13.0. The summed E-state index contributed by atoms with van der Waals surface area (Å²) < 4.78 is 26.8. The molecule has 0 saturated heterocycles. The van der Waals surface area contributed by atoms with Crippen molar-refractivity contribution in [3.8, 4) is 0 Å². The van der Waals surface area contributed by atoms with E-state index >= 15 is 0 Å². The van der Waals surface area contributed by atoms with Gasteiger partial charge in [0.25, 0.3) is 5.91 Å². The number of carbonyl (C=O) groups excluding carboxylic acids is 1. The van der Waals surface area contributed by atoms with E-state index in [1.807, 2.05) is 0 Å². The fourth-order valence-corrected chi connectivity index (χ4v) is 2.23. The molecule has 3 nitrogen and oxygen atoms in total. The summed E-state index contributed by atoms with van der Waals surface area (Å²) in [6.45, 7) is 0. The van der Waals surface area contributed by atoms with Gasteiger partial charge < -0.3 is 10.4 Å². The van der Waals surface area contributed by atoms with E-state index in [0.29, 0.717) is 12.8 Å². The fourth-order valence-electron chi connectivity index (χ4n) is 2.23. The summed E-state index contributed by atoms with van der Waals surface area (Å²) in [6, 6.07) is 2.85. The zero-order chi connectivity index (χ0) is 13.1. The summed E-state index contributed by atoms with van der Waals surface area (Å²) in [5, 5.41) is 12.2. The van der Waals surface area contributed by atoms with Gasteiger partial charge in [0.05, 0.1) is 12.1 Å². The molecule has 1 aliphatic rings. The lowest BCUT2D eigenvalue weighted by atomic mass is 9.92. The van der Waals surface area contributed by atoms with Crippen LogP contribution in [0.5, 0.6) is 0 Å². The Morgan fingerprint density at radius 3 is 2.44 bits per heavy atom. The zero-order valence-corrected chi connectivity index (χ0v) is 9.83. The van der Waals surface area contributed by atoms with Gasteiger partial charge in [-0.25, -0.2) is 8.78 Å². The Balaban J connectivity index is 2.12. The van der Waals surface area contributed by atoms with Gasteiger partial charge >= 0.3 is 0 Å². The molecule has 1 amide bonds. The molecule has 0 spiro atoms. The van der Waals surface area contributed by atoms with Crippen LogP contribution in [0.3, 0.4) is 0 Å². The molecule has 2 atom stereocenters. The molecule has 0 radical (unpaired) electrons. The number of hydrogen-bond acceptors (Lipinski definition) is 2. The predicted octanol–water partition coefficient (Wildman–Crippen LogP) is 2.00. The summed E-state index contributed by atoms with van der Waals surface area (Å²) in [5.41, 5.74) is -0.588. The van der Waals surface area contributed by atoms with Gasteiger partial charge in [0.2, 0.25) is 0 Å². The van der Waals surface area contributed by atoms with E-state index < -0.39 is 35.3 Å². The molecule has 2 N–H and O–H groups in total. The van der Waals surface area contributed by atoms with Gasteiger partial charge in [-0.3, -0.25) is 4.79 Å². The third-order valence-electron chi connectivity index (χ3n) is 3.24. The van der Waals surface area contributed by atoms with Crippen LogP contribution in [0.1, 0.15) is 36.0 Å². The van der Waals surface area contributed by atoms with Gasteiger partial charge in [0.1, 0.15) is 17.2 Å². The van der Waals surface area contributed by atoms with Crippen molar-refractivity contribution < 1.29 is 18.7 Å². The Kier molecular flexibility index (Phi) is 3.91. The second-order valence-corrected chi connectivity index (χ2v) is 4.53. The SMILES string of the molecule is O=C(NC1CCCCC1O)c1c(F)cccc1F. The quantitative estimate of drug-likeness (QED) is 0.849. The maximum Gasteiger partial charge on any atom is 0.257 e. The maximum atomic E-state index is 13.4. The highest BCUT2D eigenvalue weighted by Gasteiger charge is 2.26. The molecule has 0 aliphatic heterocycles. The van der Waals surface area contributed by atoms with Crippen LogP contribution in [0.4, 0.5) is 8.78 Å². The van der Waals surface area contributed by atoms with Gasteiger partial charge in [-0.05, 0) is 25.0 Å². The van der Waals surface area contributed by atoms with E-state index in [0.717, 1.165) is 25.0 Å². The van der Waals surface area contributed by atoms with Gasteiger partial charge in [-0.15, -0.1) is 0 Å². The van der Waals surface area contributed by atoms with Crippen LogP contribution in [0, 0.1) is 11.6 Å². The summed E-state index contributed by atoms with van der Waals surface area (Å²) in [4.78, 5) is 11.8. The number of rotatable bonds is 2. The first-order chi connectivity index (χ1) is 8.59. The number of halogens is 2. The minimum absolute atomic E-state index is 0.426. The Labute approximate surface area is 104 Å². The molecule has 2 unspecified atom stereocenters. The molecule has 1 aromatic rings. The number of amides is 1. The van der Waals surface area contributed by atoms with Gasteiger partial charge in [-0.1, -0.05) is 18.9 Å². The Hall–Kier alpha value is -1.49. The molecule has 98 valence electrons. The molecule has 1 saturated carbocycles. The number of carbonyl (C=O) groups is 1. The van der Waals surface area contributed by atoms with Crippen LogP contribution in [0.2, 0.25) is 0 Å². The molecular formula is C13H15F2NO2. The lowest BCUT2D eigenvalue weighted by Gasteiger charge is -2.28. The van der Waals surface area contributed by atoms with E-state index in [1.54, 1.807) is 0 Å². The van der Waals surface area contributed by atoms with Crippen LogP contribution in [-0.4, -0.2) is 23.2 Å².